The molecule has 1 aliphatic heterocycles. The molecule has 5 heteroatoms. The average molecular weight is 235 g/mol. The third-order valence-corrected chi connectivity index (χ3v) is 2.77. The van der Waals surface area contributed by atoms with Crippen molar-refractivity contribution in [2.45, 2.75) is 18.9 Å². The lowest BCUT2D eigenvalue weighted by molar-refractivity contribution is -0.146. The van der Waals surface area contributed by atoms with Crippen molar-refractivity contribution >= 4 is 17.6 Å². The van der Waals surface area contributed by atoms with Crippen LogP contribution < -0.4 is 5.32 Å². The third-order valence-electron chi connectivity index (χ3n) is 2.77. The first kappa shape index (κ1) is 11.6. The van der Waals surface area contributed by atoms with Crippen molar-refractivity contribution in [2.24, 2.45) is 0 Å². The number of esters is 1. The summed E-state index contributed by atoms with van der Waals surface area (Å²) in [6, 6.07) is 6.92. The molecule has 1 unspecified atom stereocenters. The number of para-hydroxylation sites is 1. The van der Waals surface area contributed by atoms with Gasteiger partial charge in [0.25, 0.3) is 5.91 Å². The van der Waals surface area contributed by atoms with Gasteiger partial charge < -0.3 is 15.2 Å². The van der Waals surface area contributed by atoms with E-state index < -0.39 is 17.5 Å². The number of amides is 1. The Hall–Kier alpha value is -1.88. The lowest BCUT2D eigenvalue weighted by Crippen LogP contribution is -2.35. The molecular formula is C12H13NO4. The number of hydrogen-bond acceptors (Lipinski definition) is 4. The second-order valence-corrected chi connectivity index (χ2v) is 3.95. The monoisotopic (exact) mass is 235 g/mol. The first-order valence-electron chi connectivity index (χ1n) is 5.31. The zero-order valence-corrected chi connectivity index (χ0v) is 9.40. The summed E-state index contributed by atoms with van der Waals surface area (Å²) in [5.41, 5.74) is -0.480. The van der Waals surface area contributed by atoms with Gasteiger partial charge in [-0.15, -0.1) is 0 Å². The molecule has 1 atom stereocenters. The van der Waals surface area contributed by atoms with Gasteiger partial charge in [0.2, 0.25) is 0 Å². The highest BCUT2D eigenvalue weighted by Gasteiger charge is 2.44. The van der Waals surface area contributed by atoms with Crippen LogP contribution in [0.15, 0.2) is 24.3 Å². The first-order chi connectivity index (χ1) is 8.04. The molecule has 1 heterocycles. The van der Waals surface area contributed by atoms with E-state index in [4.69, 9.17) is 4.74 Å². The van der Waals surface area contributed by atoms with E-state index in [0.717, 1.165) is 0 Å². The molecule has 0 aromatic heterocycles. The fourth-order valence-electron chi connectivity index (χ4n) is 1.89. The predicted octanol–water partition coefficient (Wildman–Crippen LogP) is 0.779. The van der Waals surface area contributed by atoms with Gasteiger partial charge in [0, 0.05) is 24.6 Å². The Morgan fingerprint density at radius 2 is 2.18 bits per heavy atom. The van der Waals surface area contributed by atoms with E-state index >= 15 is 0 Å². The number of benzene rings is 1. The van der Waals surface area contributed by atoms with E-state index in [0.29, 0.717) is 11.3 Å². The van der Waals surface area contributed by atoms with Crippen LogP contribution in [-0.4, -0.2) is 23.6 Å². The largest absolute Gasteiger partial charge is 0.466 e. The van der Waals surface area contributed by atoms with Crippen molar-refractivity contribution in [1.82, 2.24) is 0 Å². The zero-order valence-electron chi connectivity index (χ0n) is 9.40. The SMILES string of the molecule is CC(=O)OCCC1(O)C(=O)Nc2ccccc21. The summed E-state index contributed by atoms with van der Waals surface area (Å²) in [6.45, 7) is 1.29. The Morgan fingerprint density at radius 1 is 1.47 bits per heavy atom. The summed E-state index contributed by atoms with van der Waals surface area (Å²) >= 11 is 0. The highest BCUT2D eigenvalue weighted by molar-refractivity contribution is 6.04. The maximum atomic E-state index is 11.7. The van der Waals surface area contributed by atoms with Gasteiger partial charge in [-0.05, 0) is 6.07 Å². The minimum Gasteiger partial charge on any atom is -0.466 e. The number of carbonyl (C=O) groups excluding carboxylic acids is 2. The highest BCUT2D eigenvalue weighted by Crippen LogP contribution is 2.37. The second kappa shape index (κ2) is 4.18. The van der Waals surface area contributed by atoms with E-state index in [9.17, 15) is 14.7 Å². The van der Waals surface area contributed by atoms with Gasteiger partial charge in [0.1, 0.15) is 0 Å². The molecule has 0 aliphatic carbocycles. The summed E-state index contributed by atoms with van der Waals surface area (Å²) in [7, 11) is 0. The quantitative estimate of drug-likeness (QED) is 0.759. The van der Waals surface area contributed by atoms with Gasteiger partial charge >= 0.3 is 5.97 Å². The van der Waals surface area contributed by atoms with Crippen LogP contribution in [0.5, 0.6) is 0 Å². The number of nitrogens with one attached hydrogen (secondary N) is 1. The Labute approximate surface area is 98.4 Å². The number of fused-ring (bicyclic) bond motifs is 1. The van der Waals surface area contributed by atoms with Crippen molar-refractivity contribution in [3.8, 4) is 0 Å². The van der Waals surface area contributed by atoms with Crippen molar-refractivity contribution in [3.05, 3.63) is 29.8 Å². The van der Waals surface area contributed by atoms with Gasteiger partial charge in [0.05, 0.1) is 6.61 Å². The van der Waals surface area contributed by atoms with Gasteiger partial charge in [-0.3, -0.25) is 9.59 Å². The van der Waals surface area contributed by atoms with Crippen molar-refractivity contribution < 1.29 is 19.4 Å². The van der Waals surface area contributed by atoms with Crippen LogP contribution in [0.1, 0.15) is 18.9 Å². The van der Waals surface area contributed by atoms with E-state index in [1.807, 2.05) is 0 Å². The summed E-state index contributed by atoms with van der Waals surface area (Å²) in [5.74, 6) is -0.911. The Balaban J connectivity index is 2.19. The molecule has 1 aromatic carbocycles. The number of aliphatic hydroxyl groups is 1. The molecule has 0 saturated heterocycles. The van der Waals surface area contributed by atoms with Gasteiger partial charge in [0.15, 0.2) is 5.60 Å². The Morgan fingerprint density at radius 3 is 2.88 bits per heavy atom. The molecule has 1 amide bonds. The standard InChI is InChI=1S/C12H13NO4/c1-8(14)17-7-6-12(16)9-4-2-3-5-10(9)13-11(12)15/h2-5,16H,6-7H2,1H3,(H,13,15). The van der Waals surface area contributed by atoms with E-state index in [1.165, 1.54) is 6.92 Å². The summed E-state index contributed by atoms with van der Waals surface area (Å²) < 4.78 is 4.75. The Kier molecular flexibility index (Phi) is 2.85. The zero-order chi connectivity index (χ0) is 12.5. The van der Waals surface area contributed by atoms with E-state index in [1.54, 1.807) is 24.3 Å². The molecular weight excluding hydrogens is 222 g/mol. The fraction of sp³-hybridized carbons (Fsp3) is 0.333. The van der Waals surface area contributed by atoms with Crippen molar-refractivity contribution in [2.75, 3.05) is 11.9 Å². The first-order valence-corrected chi connectivity index (χ1v) is 5.31. The number of ether oxygens (including phenoxy) is 1. The van der Waals surface area contributed by atoms with E-state index in [2.05, 4.69) is 5.32 Å². The van der Waals surface area contributed by atoms with Crippen LogP contribution in [0.25, 0.3) is 0 Å². The van der Waals surface area contributed by atoms with Crippen molar-refractivity contribution in [3.63, 3.8) is 0 Å². The van der Waals surface area contributed by atoms with Crippen LogP contribution in [0.2, 0.25) is 0 Å². The molecule has 90 valence electrons. The van der Waals surface area contributed by atoms with Crippen LogP contribution in [0, 0.1) is 0 Å². The molecule has 0 spiro atoms. The lowest BCUT2D eigenvalue weighted by atomic mass is 9.92. The number of carbonyl (C=O) groups is 2. The summed E-state index contributed by atoms with van der Waals surface area (Å²) in [4.78, 5) is 22.4. The molecule has 17 heavy (non-hydrogen) atoms. The average Bonchev–Trinajstić information content (AvgIpc) is 2.52. The van der Waals surface area contributed by atoms with Gasteiger partial charge in [-0.2, -0.15) is 0 Å². The topological polar surface area (TPSA) is 75.6 Å². The maximum Gasteiger partial charge on any atom is 0.302 e. The summed E-state index contributed by atoms with van der Waals surface area (Å²) in [6.07, 6.45) is 0.0510. The minimum atomic E-state index is -1.61. The van der Waals surface area contributed by atoms with E-state index in [-0.39, 0.29) is 13.0 Å². The molecule has 2 rings (SSSR count). The molecule has 0 saturated carbocycles. The number of hydrogen-bond donors (Lipinski definition) is 2. The predicted molar refractivity (Wildman–Crippen MR) is 60.2 cm³/mol. The molecule has 1 aromatic rings. The molecule has 1 aliphatic rings. The molecule has 2 N–H and O–H groups in total. The smallest absolute Gasteiger partial charge is 0.302 e. The van der Waals surface area contributed by atoms with Crippen LogP contribution in [0.4, 0.5) is 5.69 Å². The summed E-state index contributed by atoms with van der Waals surface area (Å²) in [5, 5.41) is 12.9. The van der Waals surface area contributed by atoms with Gasteiger partial charge in [-0.1, -0.05) is 18.2 Å². The lowest BCUT2D eigenvalue weighted by Gasteiger charge is -2.20. The number of rotatable bonds is 3. The molecule has 0 bridgehead atoms. The Bertz CT molecular complexity index is 471. The minimum absolute atomic E-state index is 0.00753. The number of anilines is 1. The maximum absolute atomic E-state index is 11.7. The normalized spacial score (nSPS) is 21.9. The van der Waals surface area contributed by atoms with Crippen LogP contribution in [-0.2, 0) is 19.9 Å². The highest BCUT2D eigenvalue weighted by atomic mass is 16.5. The van der Waals surface area contributed by atoms with Gasteiger partial charge in [-0.25, -0.2) is 0 Å². The van der Waals surface area contributed by atoms with Crippen LogP contribution in [0.3, 0.4) is 0 Å². The molecule has 0 radical (unpaired) electrons. The molecule has 5 nitrogen and oxygen atoms in total. The van der Waals surface area contributed by atoms with Crippen LogP contribution >= 0.6 is 0 Å². The second-order valence-electron chi connectivity index (χ2n) is 3.95. The molecule has 0 fully saturated rings. The fourth-order valence-corrected chi connectivity index (χ4v) is 1.89. The third kappa shape index (κ3) is 2.01. The van der Waals surface area contributed by atoms with Crippen molar-refractivity contribution in [1.29, 1.82) is 0 Å².